The SMILES string of the molecule is FC(F)(F)c1cc(Br)cc2cc(CBr)sc12. The highest BCUT2D eigenvalue weighted by atomic mass is 79.9. The van der Waals surface area contributed by atoms with Gasteiger partial charge in [0.15, 0.2) is 0 Å². The normalized spacial score (nSPS) is 12.3. The van der Waals surface area contributed by atoms with E-state index in [-0.39, 0.29) is 0 Å². The molecule has 2 aromatic rings. The van der Waals surface area contributed by atoms with Gasteiger partial charge in [0, 0.05) is 19.4 Å². The van der Waals surface area contributed by atoms with E-state index in [2.05, 4.69) is 31.9 Å². The Morgan fingerprint density at radius 2 is 1.88 bits per heavy atom. The average molecular weight is 374 g/mol. The number of thiophene rings is 1. The van der Waals surface area contributed by atoms with Crippen LogP contribution in [-0.2, 0) is 11.5 Å². The molecule has 0 nitrogen and oxygen atoms in total. The van der Waals surface area contributed by atoms with Crippen LogP contribution in [0.4, 0.5) is 13.2 Å². The maximum Gasteiger partial charge on any atom is 0.417 e. The number of hydrogen-bond donors (Lipinski definition) is 0. The molecule has 0 atom stereocenters. The number of halogens is 5. The van der Waals surface area contributed by atoms with Crippen LogP contribution < -0.4 is 0 Å². The smallest absolute Gasteiger partial charge is 0.166 e. The summed E-state index contributed by atoms with van der Waals surface area (Å²) < 4.78 is 39.1. The van der Waals surface area contributed by atoms with Crippen molar-refractivity contribution in [1.29, 1.82) is 0 Å². The maximum absolute atomic E-state index is 12.8. The van der Waals surface area contributed by atoms with Crippen LogP contribution in [0.5, 0.6) is 0 Å². The Balaban J connectivity index is 2.76. The van der Waals surface area contributed by atoms with Crippen LogP contribution in [0.25, 0.3) is 10.1 Å². The van der Waals surface area contributed by atoms with Gasteiger partial charge in [0.2, 0.25) is 0 Å². The third kappa shape index (κ3) is 2.28. The van der Waals surface area contributed by atoms with Gasteiger partial charge in [0.05, 0.1) is 5.56 Å². The molecule has 0 aliphatic rings. The summed E-state index contributed by atoms with van der Waals surface area (Å²) in [5.41, 5.74) is -0.575. The molecule has 0 spiro atoms. The van der Waals surface area contributed by atoms with Crippen LogP contribution in [0.3, 0.4) is 0 Å². The van der Waals surface area contributed by atoms with Gasteiger partial charge in [-0.3, -0.25) is 0 Å². The van der Waals surface area contributed by atoms with E-state index < -0.39 is 11.7 Å². The van der Waals surface area contributed by atoms with Gasteiger partial charge in [-0.25, -0.2) is 0 Å². The molecule has 16 heavy (non-hydrogen) atoms. The van der Waals surface area contributed by atoms with Crippen LogP contribution in [0, 0.1) is 0 Å². The van der Waals surface area contributed by atoms with Crippen LogP contribution >= 0.6 is 43.2 Å². The molecule has 0 bridgehead atoms. The third-order valence-electron chi connectivity index (χ3n) is 2.07. The van der Waals surface area contributed by atoms with E-state index in [1.807, 2.05) is 0 Å². The first-order valence-corrected chi connectivity index (χ1v) is 7.00. The predicted octanol–water partition coefficient (Wildman–Crippen LogP) is 5.58. The summed E-state index contributed by atoms with van der Waals surface area (Å²) in [5, 5.41) is 1.20. The quantitative estimate of drug-likeness (QED) is 0.572. The monoisotopic (exact) mass is 372 g/mol. The number of hydrogen-bond acceptors (Lipinski definition) is 1. The molecule has 86 valence electrons. The van der Waals surface area contributed by atoms with E-state index >= 15 is 0 Å². The number of benzene rings is 1. The molecule has 0 amide bonds. The fraction of sp³-hybridized carbons (Fsp3) is 0.200. The van der Waals surface area contributed by atoms with Crippen molar-refractivity contribution in [3.63, 3.8) is 0 Å². The van der Waals surface area contributed by atoms with E-state index in [0.717, 1.165) is 10.9 Å². The third-order valence-corrected chi connectivity index (χ3v) is 4.69. The Bertz CT molecular complexity index is 531. The molecule has 1 heterocycles. The molecule has 2 rings (SSSR count). The second kappa shape index (κ2) is 4.31. The summed E-state index contributed by atoms with van der Waals surface area (Å²) in [5.74, 6) is 0. The minimum Gasteiger partial charge on any atom is -0.166 e. The summed E-state index contributed by atoms with van der Waals surface area (Å²) in [7, 11) is 0. The zero-order valence-electron chi connectivity index (χ0n) is 7.74. The zero-order valence-corrected chi connectivity index (χ0v) is 11.7. The van der Waals surface area contributed by atoms with Crippen LogP contribution in [0.2, 0.25) is 0 Å². The van der Waals surface area contributed by atoms with Gasteiger partial charge in [0.1, 0.15) is 0 Å². The van der Waals surface area contributed by atoms with Gasteiger partial charge >= 0.3 is 6.18 Å². The van der Waals surface area contributed by atoms with E-state index in [0.29, 0.717) is 19.9 Å². The molecule has 0 saturated heterocycles. The lowest BCUT2D eigenvalue weighted by molar-refractivity contribution is -0.136. The highest BCUT2D eigenvalue weighted by Crippen LogP contribution is 2.40. The van der Waals surface area contributed by atoms with Crippen LogP contribution in [0.1, 0.15) is 10.4 Å². The van der Waals surface area contributed by atoms with Crippen molar-refractivity contribution < 1.29 is 13.2 Å². The Kier molecular flexibility index (Phi) is 3.34. The van der Waals surface area contributed by atoms with Crippen molar-refractivity contribution in [2.24, 2.45) is 0 Å². The Labute approximate surface area is 111 Å². The number of alkyl halides is 4. The molecule has 0 aliphatic carbocycles. The summed E-state index contributed by atoms with van der Waals surface area (Å²) in [4.78, 5) is 0.888. The van der Waals surface area contributed by atoms with Crippen LogP contribution in [0.15, 0.2) is 22.7 Å². The zero-order chi connectivity index (χ0) is 11.9. The number of fused-ring (bicyclic) bond motifs is 1. The highest BCUT2D eigenvalue weighted by molar-refractivity contribution is 9.10. The highest BCUT2D eigenvalue weighted by Gasteiger charge is 2.33. The minimum atomic E-state index is -4.31. The molecule has 0 fully saturated rings. The lowest BCUT2D eigenvalue weighted by Gasteiger charge is -2.08. The fourth-order valence-electron chi connectivity index (χ4n) is 1.45. The molecular formula is C10H5Br2F3S. The van der Waals surface area contributed by atoms with Gasteiger partial charge in [0.25, 0.3) is 0 Å². The summed E-state index contributed by atoms with van der Waals surface area (Å²) >= 11 is 7.52. The largest absolute Gasteiger partial charge is 0.417 e. The van der Waals surface area contributed by atoms with Crippen molar-refractivity contribution in [2.45, 2.75) is 11.5 Å². The summed E-state index contributed by atoms with van der Waals surface area (Å²) in [6.45, 7) is 0. The second-order valence-electron chi connectivity index (χ2n) is 3.22. The van der Waals surface area contributed by atoms with E-state index in [9.17, 15) is 13.2 Å². The van der Waals surface area contributed by atoms with E-state index in [1.54, 1.807) is 12.1 Å². The van der Waals surface area contributed by atoms with Gasteiger partial charge < -0.3 is 0 Å². The fourth-order valence-corrected chi connectivity index (χ4v) is 3.45. The molecule has 0 N–H and O–H groups in total. The lowest BCUT2D eigenvalue weighted by atomic mass is 10.1. The Morgan fingerprint density at radius 1 is 1.19 bits per heavy atom. The molecule has 6 heteroatoms. The predicted molar refractivity (Wildman–Crippen MR) is 67.2 cm³/mol. The molecule has 0 saturated carbocycles. The van der Waals surface area contributed by atoms with Crippen molar-refractivity contribution in [3.8, 4) is 0 Å². The van der Waals surface area contributed by atoms with Crippen molar-refractivity contribution >= 4 is 53.3 Å². The Hall–Kier alpha value is -0.0700. The van der Waals surface area contributed by atoms with Gasteiger partial charge in [-0.1, -0.05) is 31.9 Å². The summed E-state index contributed by atoms with van der Waals surface area (Å²) in [6.07, 6.45) is -4.31. The lowest BCUT2D eigenvalue weighted by Crippen LogP contribution is -2.04. The van der Waals surface area contributed by atoms with Gasteiger partial charge in [-0.2, -0.15) is 13.2 Å². The summed E-state index contributed by atoms with van der Waals surface area (Å²) in [6, 6.07) is 4.60. The first-order chi connectivity index (χ1) is 7.41. The van der Waals surface area contributed by atoms with E-state index in [1.165, 1.54) is 11.3 Å². The number of rotatable bonds is 1. The molecule has 0 aliphatic heterocycles. The van der Waals surface area contributed by atoms with Crippen molar-refractivity contribution in [3.05, 3.63) is 33.1 Å². The molecule has 0 radical (unpaired) electrons. The minimum absolute atomic E-state index is 0.296. The van der Waals surface area contributed by atoms with Crippen molar-refractivity contribution in [2.75, 3.05) is 0 Å². The molecule has 0 unspecified atom stereocenters. The van der Waals surface area contributed by atoms with Crippen LogP contribution in [-0.4, -0.2) is 0 Å². The second-order valence-corrected chi connectivity index (χ2v) is 5.83. The van der Waals surface area contributed by atoms with Gasteiger partial charge in [-0.05, 0) is 23.6 Å². The molecule has 1 aromatic carbocycles. The Morgan fingerprint density at radius 3 is 2.44 bits per heavy atom. The maximum atomic E-state index is 12.8. The standard InChI is InChI=1S/C10H5Br2F3S/c11-4-7-2-5-1-6(12)3-8(9(5)16-7)10(13,14)15/h1-3H,4H2. The van der Waals surface area contributed by atoms with Gasteiger partial charge in [-0.15, -0.1) is 11.3 Å². The topological polar surface area (TPSA) is 0 Å². The first-order valence-electron chi connectivity index (χ1n) is 4.27. The first kappa shape index (κ1) is 12.4. The molecular weight excluding hydrogens is 369 g/mol. The van der Waals surface area contributed by atoms with Crippen molar-refractivity contribution in [1.82, 2.24) is 0 Å². The average Bonchev–Trinajstić information content (AvgIpc) is 2.57. The molecule has 1 aromatic heterocycles. The van der Waals surface area contributed by atoms with E-state index in [4.69, 9.17) is 0 Å².